The van der Waals surface area contributed by atoms with Crippen molar-refractivity contribution in [3.8, 4) is 0 Å². The second-order valence-corrected chi connectivity index (χ2v) is 2.36. The first-order valence-corrected chi connectivity index (χ1v) is 3.63. The Bertz CT molecular complexity index is 145. The van der Waals surface area contributed by atoms with Crippen LogP contribution in [0.3, 0.4) is 0 Å². The monoisotopic (exact) mass is 158 g/mol. The molecule has 0 saturated heterocycles. The van der Waals surface area contributed by atoms with E-state index in [9.17, 15) is 9.59 Å². The number of hydrogen-bond donors (Lipinski definition) is 2. The van der Waals surface area contributed by atoms with Crippen LogP contribution in [0.4, 0.5) is 0 Å². The zero-order valence-electron chi connectivity index (χ0n) is 6.72. The second-order valence-electron chi connectivity index (χ2n) is 2.36. The predicted octanol–water partition coefficient (Wildman–Crippen LogP) is -0.569. The minimum absolute atomic E-state index is 0.0140. The molecule has 3 N–H and O–H groups in total. The summed E-state index contributed by atoms with van der Waals surface area (Å²) in [5.41, 5.74) is 5.04. The molecule has 0 bridgehead atoms. The predicted molar refractivity (Wildman–Crippen MR) is 42.0 cm³/mol. The van der Waals surface area contributed by atoms with E-state index in [4.69, 9.17) is 5.73 Å². The van der Waals surface area contributed by atoms with E-state index < -0.39 is 0 Å². The Kier molecular flexibility index (Phi) is 5.37. The molecule has 4 nitrogen and oxygen atoms in total. The molecule has 0 aromatic rings. The van der Waals surface area contributed by atoms with E-state index in [0.29, 0.717) is 19.4 Å². The SMILES string of the molecule is CC(=O)CCCNC(=O)CN. The molecule has 0 aliphatic rings. The molecule has 0 fully saturated rings. The first-order chi connectivity index (χ1) is 5.16. The Balaban J connectivity index is 3.14. The summed E-state index contributed by atoms with van der Waals surface area (Å²) in [5.74, 6) is -0.0273. The van der Waals surface area contributed by atoms with E-state index in [1.54, 1.807) is 0 Å². The van der Waals surface area contributed by atoms with Crippen LogP contribution in [0, 0.1) is 0 Å². The van der Waals surface area contributed by atoms with Crippen LogP contribution in [-0.4, -0.2) is 24.8 Å². The minimum Gasteiger partial charge on any atom is -0.355 e. The van der Waals surface area contributed by atoms with Gasteiger partial charge in [0.25, 0.3) is 0 Å². The molecule has 0 aliphatic heterocycles. The van der Waals surface area contributed by atoms with Gasteiger partial charge in [0.1, 0.15) is 5.78 Å². The molecular formula is C7H14N2O2. The number of Topliss-reactive ketones (excluding diaryl/α,β-unsaturated/α-hetero) is 1. The van der Waals surface area contributed by atoms with Gasteiger partial charge in [0, 0.05) is 13.0 Å². The lowest BCUT2D eigenvalue weighted by molar-refractivity contribution is -0.120. The molecule has 0 saturated carbocycles. The summed E-state index contributed by atoms with van der Waals surface area (Å²) < 4.78 is 0. The van der Waals surface area contributed by atoms with Crippen molar-refractivity contribution in [2.75, 3.05) is 13.1 Å². The molecule has 0 rings (SSSR count). The van der Waals surface area contributed by atoms with Gasteiger partial charge in [0.2, 0.25) is 5.91 Å². The van der Waals surface area contributed by atoms with E-state index in [2.05, 4.69) is 5.32 Å². The highest BCUT2D eigenvalue weighted by Gasteiger charge is 1.96. The summed E-state index contributed by atoms with van der Waals surface area (Å²) in [6.45, 7) is 2.08. The van der Waals surface area contributed by atoms with Gasteiger partial charge in [-0.25, -0.2) is 0 Å². The molecule has 1 amide bonds. The molecule has 0 radical (unpaired) electrons. The van der Waals surface area contributed by atoms with Crippen molar-refractivity contribution >= 4 is 11.7 Å². The molecule has 64 valence electrons. The van der Waals surface area contributed by atoms with Crippen molar-refractivity contribution < 1.29 is 9.59 Å². The van der Waals surface area contributed by atoms with Gasteiger partial charge in [-0.2, -0.15) is 0 Å². The van der Waals surface area contributed by atoms with Gasteiger partial charge < -0.3 is 15.8 Å². The first-order valence-electron chi connectivity index (χ1n) is 3.63. The van der Waals surface area contributed by atoms with E-state index in [-0.39, 0.29) is 18.2 Å². The van der Waals surface area contributed by atoms with Gasteiger partial charge in [-0.3, -0.25) is 4.79 Å². The van der Waals surface area contributed by atoms with Crippen molar-refractivity contribution in [2.24, 2.45) is 5.73 Å². The first kappa shape index (κ1) is 10.1. The molecule has 0 aromatic carbocycles. The Morgan fingerprint density at radius 3 is 2.55 bits per heavy atom. The fourth-order valence-electron chi connectivity index (χ4n) is 0.637. The van der Waals surface area contributed by atoms with Gasteiger partial charge in [-0.05, 0) is 13.3 Å². The number of carbonyl (C=O) groups is 2. The normalized spacial score (nSPS) is 9.27. The molecule has 0 unspecified atom stereocenters. The van der Waals surface area contributed by atoms with Gasteiger partial charge in [-0.1, -0.05) is 0 Å². The number of amides is 1. The standard InChI is InChI=1S/C7H14N2O2/c1-6(10)3-2-4-9-7(11)5-8/h2-5,8H2,1H3,(H,9,11). The number of rotatable bonds is 5. The lowest BCUT2D eigenvalue weighted by atomic mass is 10.2. The van der Waals surface area contributed by atoms with Crippen LogP contribution in [0.5, 0.6) is 0 Å². The maximum atomic E-state index is 10.5. The van der Waals surface area contributed by atoms with Crippen LogP contribution >= 0.6 is 0 Å². The fourth-order valence-corrected chi connectivity index (χ4v) is 0.637. The highest BCUT2D eigenvalue weighted by molar-refractivity contribution is 5.78. The van der Waals surface area contributed by atoms with E-state index >= 15 is 0 Å². The summed E-state index contributed by atoms with van der Waals surface area (Å²) in [5, 5.41) is 2.57. The molecule has 0 aliphatic carbocycles. The number of carbonyl (C=O) groups excluding carboxylic acids is 2. The van der Waals surface area contributed by atoms with Crippen molar-refractivity contribution in [3.63, 3.8) is 0 Å². The summed E-state index contributed by atoms with van der Waals surface area (Å²) >= 11 is 0. The smallest absolute Gasteiger partial charge is 0.233 e. The topological polar surface area (TPSA) is 72.2 Å². The van der Waals surface area contributed by atoms with Crippen LogP contribution in [0.1, 0.15) is 19.8 Å². The molecule has 4 heteroatoms. The van der Waals surface area contributed by atoms with E-state index in [0.717, 1.165) is 0 Å². The quantitative estimate of drug-likeness (QED) is 0.526. The van der Waals surface area contributed by atoms with Crippen molar-refractivity contribution in [1.29, 1.82) is 0 Å². The third kappa shape index (κ3) is 6.99. The van der Waals surface area contributed by atoms with Gasteiger partial charge in [-0.15, -0.1) is 0 Å². The third-order valence-electron chi connectivity index (χ3n) is 1.21. The van der Waals surface area contributed by atoms with Crippen LogP contribution in [-0.2, 0) is 9.59 Å². The largest absolute Gasteiger partial charge is 0.355 e. The zero-order valence-corrected chi connectivity index (χ0v) is 6.72. The maximum absolute atomic E-state index is 10.5. The van der Waals surface area contributed by atoms with Crippen LogP contribution in [0.2, 0.25) is 0 Å². The van der Waals surface area contributed by atoms with E-state index in [1.165, 1.54) is 6.92 Å². The fraction of sp³-hybridized carbons (Fsp3) is 0.714. The summed E-state index contributed by atoms with van der Waals surface area (Å²) in [4.78, 5) is 21.0. The molecule has 0 heterocycles. The highest BCUT2D eigenvalue weighted by Crippen LogP contribution is 1.86. The average molecular weight is 158 g/mol. The highest BCUT2D eigenvalue weighted by atomic mass is 16.1. The zero-order chi connectivity index (χ0) is 8.69. The van der Waals surface area contributed by atoms with Crippen molar-refractivity contribution in [1.82, 2.24) is 5.32 Å². The Labute approximate surface area is 66.1 Å². The molecule has 0 atom stereocenters. The van der Waals surface area contributed by atoms with Gasteiger partial charge in [0.05, 0.1) is 6.54 Å². The molecule has 0 aromatic heterocycles. The molecule has 11 heavy (non-hydrogen) atoms. The average Bonchev–Trinajstić information content (AvgIpc) is 1.97. The summed E-state index contributed by atoms with van der Waals surface area (Å²) in [7, 11) is 0. The Morgan fingerprint density at radius 1 is 1.45 bits per heavy atom. The second kappa shape index (κ2) is 5.85. The number of nitrogens with one attached hydrogen (secondary N) is 1. The van der Waals surface area contributed by atoms with Crippen LogP contribution in [0.15, 0.2) is 0 Å². The van der Waals surface area contributed by atoms with Crippen LogP contribution in [0.25, 0.3) is 0 Å². The summed E-state index contributed by atoms with van der Waals surface area (Å²) in [6, 6.07) is 0. The lowest BCUT2D eigenvalue weighted by Crippen LogP contribution is -2.31. The lowest BCUT2D eigenvalue weighted by Gasteiger charge is -2.00. The number of nitrogens with two attached hydrogens (primary N) is 1. The van der Waals surface area contributed by atoms with Crippen molar-refractivity contribution in [2.45, 2.75) is 19.8 Å². The Morgan fingerprint density at radius 2 is 2.09 bits per heavy atom. The van der Waals surface area contributed by atoms with Crippen molar-refractivity contribution in [3.05, 3.63) is 0 Å². The van der Waals surface area contributed by atoms with Crippen LogP contribution < -0.4 is 11.1 Å². The summed E-state index contributed by atoms with van der Waals surface area (Å²) in [6.07, 6.45) is 1.21. The maximum Gasteiger partial charge on any atom is 0.233 e. The Hall–Kier alpha value is -0.900. The minimum atomic E-state index is -0.173. The number of hydrogen-bond acceptors (Lipinski definition) is 3. The number of ketones is 1. The van der Waals surface area contributed by atoms with E-state index in [1.807, 2.05) is 0 Å². The third-order valence-corrected chi connectivity index (χ3v) is 1.21. The molecule has 0 spiro atoms. The van der Waals surface area contributed by atoms with Gasteiger partial charge >= 0.3 is 0 Å². The van der Waals surface area contributed by atoms with Gasteiger partial charge in [0.15, 0.2) is 0 Å². The molecular weight excluding hydrogens is 144 g/mol.